The second-order valence-electron chi connectivity index (χ2n) is 8.15. The first-order valence-corrected chi connectivity index (χ1v) is 11.1. The first kappa shape index (κ1) is 21.5. The molecule has 3 aromatic heterocycles. The molecule has 4 heterocycles. The van der Waals surface area contributed by atoms with Crippen LogP contribution in [-0.4, -0.2) is 38.7 Å². The van der Waals surface area contributed by atoms with Crippen molar-refractivity contribution in [2.75, 3.05) is 18.0 Å². The lowest BCUT2D eigenvalue weighted by Crippen LogP contribution is -2.40. The lowest BCUT2D eigenvalue weighted by Gasteiger charge is -2.31. The van der Waals surface area contributed by atoms with Crippen LogP contribution in [0, 0.1) is 17.2 Å². The minimum Gasteiger partial charge on any atom is -0.459 e. The normalized spacial score (nSPS) is 14.1. The highest BCUT2D eigenvalue weighted by Crippen LogP contribution is 2.31. The van der Waals surface area contributed by atoms with Crippen LogP contribution < -0.4 is 10.2 Å². The van der Waals surface area contributed by atoms with Gasteiger partial charge in [0.1, 0.15) is 18.7 Å². The van der Waals surface area contributed by atoms with Crippen LogP contribution in [-0.2, 0) is 17.9 Å². The Bertz CT molecular complexity index is 1260. The number of rotatable bonds is 7. The van der Waals surface area contributed by atoms with E-state index in [1.165, 1.54) is 12.6 Å². The van der Waals surface area contributed by atoms with E-state index in [0.717, 1.165) is 11.1 Å². The smallest absolute Gasteiger partial charge is 0.266 e. The van der Waals surface area contributed by atoms with Crippen molar-refractivity contribution < 1.29 is 13.6 Å². The minimum absolute atomic E-state index is 0.0423. The maximum Gasteiger partial charge on any atom is 0.266 e. The topological polar surface area (TPSA) is 126 Å². The summed E-state index contributed by atoms with van der Waals surface area (Å²) in [6.45, 7) is 2.36. The fraction of sp³-hybridized carbons (Fsp3) is 0.292. The molecule has 1 fully saturated rings. The summed E-state index contributed by atoms with van der Waals surface area (Å²) < 4.78 is 12.9. The molecule has 10 heteroatoms. The molecule has 0 unspecified atom stereocenters. The Labute approximate surface area is 195 Å². The number of furan rings is 1. The quantitative estimate of drug-likeness (QED) is 0.449. The first-order valence-electron chi connectivity index (χ1n) is 11.1. The molecule has 1 amide bonds. The van der Waals surface area contributed by atoms with Crippen molar-refractivity contribution in [2.45, 2.75) is 25.9 Å². The summed E-state index contributed by atoms with van der Waals surface area (Å²) in [7, 11) is 0. The predicted molar refractivity (Wildman–Crippen MR) is 121 cm³/mol. The van der Waals surface area contributed by atoms with Gasteiger partial charge in [0.05, 0.1) is 12.8 Å². The molecule has 1 N–H and O–H groups in total. The van der Waals surface area contributed by atoms with Crippen LogP contribution in [0.2, 0.25) is 0 Å². The van der Waals surface area contributed by atoms with Crippen molar-refractivity contribution in [3.8, 4) is 17.7 Å². The highest BCUT2D eigenvalue weighted by Gasteiger charge is 2.29. The number of amides is 1. The molecule has 4 aromatic rings. The van der Waals surface area contributed by atoms with Crippen molar-refractivity contribution in [3.63, 3.8) is 0 Å². The Kier molecular flexibility index (Phi) is 6.07. The van der Waals surface area contributed by atoms with Crippen LogP contribution in [0.25, 0.3) is 11.7 Å². The average Bonchev–Trinajstić information content (AvgIpc) is 3.65. The molecule has 1 aliphatic rings. The lowest BCUT2D eigenvalue weighted by molar-refractivity contribution is -0.125. The molecule has 172 valence electrons. The van der Waals surface area contributed by atoms with Crippen LogP contribution in [0.3, 0.4) is 0 Å². The van der Waals surface area contributed by atoms with E-state index >= 15 is 0 Å². The zero-order chi connectivity index (χ0) is 23.3. The number of oxazole rings is 1. The van der Waals surface area contributed by atoms with E-state index < -0.39 is 0 Å². The average molecular weight is 457 g/mol. The van der Waals surface area contributed by atoms with Gasteiger partial charge in [0, 0.05) is 25.6 Å². The van der Waals surface area contributed by atoms with Crippen molar-refractivity contribution in [3.05, 3.63) is 72.1 Å². The van der Waals surface area contributed by atoms with Gasteiger partial charge in [-0.25, -0.2) is 9.67 Å². The number of hydrogen-bond donors (Lipinski definition) is 1. The summed E-state index contributed by atoms with van der Waals surface area (Å²) in [6, 6.07) is 13.6. The highest BCUT2D eigenvalue weighted by molar-refractivity contribution is 5.79. The van der Waals surface area contributed by atoms with E-state index in [0.29, 0.717) is 50.7 Å². The summed E-state index contributed by atoms with van der Waals surface area (Å²) >= 11 is 0. The highest BCUT2D eigenvalue weighted by atomic mass is 16.4. The number of carbonyl (C=O) groups excluding carboxylic acids is 1. The number of nitrogens with zero attached hydrogens (tertiary/aromatic N) is 6. The Hall–Kier alpha value is -4.39. The molecule has 1 saturated heterocycles. The molecule has 0 aliphatic carbocycles. The second kappa shape index (κ2) is 9.62. The number of carbonyl (C=O) groups is 1. The number of anilines is 1. The largest absolute Gasteiger partial charge is 0.459 e. The standard InChI is InChI=1S/C24H23N7O3/c25-12-20-24(34-23(29-20)21-2-1-11-33-21)30-9-7-19(8-10-30)22(32)27-13-17-3-5-18(6-4-17)14-31-16-26-15-28-31/h1-6,11,15-16,19H,7-10,13-14H2,(H,27,32). The number of piperidine rings is 1. The van der Waals surface area contributed by atoms with Gasteiger partial charge in [-0.1, -0.05) is 24.3 Å². The molecule has 34 heavy (non-hydrogen) atoms. The van der Waals surface area contributed by atoms with E-state index in [9.17, 15) is 10.1 Å². The number of benzene rings is 1. The maximum atomic E-state index is 12.7. The van der Waals surface area contributed by atoms with E-state index in [2.05, 4.69) is 26.5 Å². The third-order valence-corrected chi connectivity index (χ3v) is 5.90. The first-order chi connectivity index (χ1) is 16.7. The Morgan fingerprint density at radius 3 is 2.65 bits per heavy atom. The zero-order valence-electron chi connectivity index (χ0n) is 18.4. The molecule has 1 aromatic carbocycles. The predicted octanol–water partition coefficient (Wildman–Crippen LogP) is 2.98. The van der Waals surface area contributed by atoms with E-state index in [1.807, 2.05) is 29.2 Å². The third-order valence-electron chi connectivity index (χ3n) is 5.90. The fourth-order valence-electron chi connectivity index (χ4n) is 4.05. The van der Waals surface area contributed by atoms with Crippen LogP contribution in [0.15, 0.2) is 64.2 Å². The van der Waals surface area contributed by atoms with Crippen LogP contribution in [0.1, 0.15) is 29.7 Å². The van der Waals surface area contributed by atoms with Gasteiger partial charge in [-0.3, -0.25) is 4.79 Å². The van der Waals surface area contributed by atoms with E-state index in [1.54, 1.807) is 23.1 Å². The molecular weight excluding hydrogens is 434 g/mol. The monoisotopic (exact) mass is 457 g/mol. The summed E-state index contributed by atoms with van der Waals surface area (Å²) in [6.07, 6.45) is 6.07. The van der Waals surface area contributed by atoms with Crippen molar-refractivity contribution in [1.29, 1.82) is 5.26 Å². The molecule has 0 saturated carbocycles. The molecule has 0 radical (unpaired) electrons. The molecule has 0 atom stereocenters. The van der Waals surface area contributed by atoms with Gasteiger partial charge in [-0.15, -0.1) is 0 Å². The second-order valence-corrected chi connectivity index (χ2v) is 8.15. The maximum absolute atomic E-state index is 12.7. The van der Waals surface area contributed by atoms with E-state index in [-0.39, 0.29) is 23.4 Å². The summed E-state index contributed by atoms with van der Waals surface area (Å²) in [4.78, 5) is 22.9. The molecule has 1 aliphatic heterocycles. The summed E-state index contributed by atoms with van der Waals surface area (Å²) in [5, 5.41) is 16.6. The van der Waals surface area contributed by atoms with E-state index in [4.69, 9.17) is 8.83 Å². The van der Waals surface area contributed by atoms with Gasteiger partial charge in [-0.05, 0) is 36.1 Å². The SMILES string of the molecule is N#Cc1nc(-c2ccco2)oc1N1CCC(C(=O)NCc2ccc(Cn3cncn3)cc2)CC1. The van der Waals surface area contributed by atoms with Crippen molar-refractivity contribution in [2.24, 2.45) is 5.92 Å². The Morgan fingerprint density at radius 1 is 1.18 bits per heavy atom. The van der Waals surface area contributed by atoms with Gasteiger partial charge >= 0.3 is 0 Å². The van der Waals surface area contributed by atoms with Gasteiger partial charge in [0.15, 0.2) is 5.76 Å². The summed E-state index contributed by atoms with van der Waals surface area (Å²) in [5.74, 6) is 1.15. The molecule has 0 bridgehead atoms. The van der Waals surface area contributed by atoms with Crippen molar-refractivity contribution in [1.82, 2.24) is 25.1 Å². The van der Waals surface area contributed by atoms with Gasteiger partial charge in [0.25, 0.3) is 5.89 Å². The Morgan fingerprint density at radius 2 is 1.97 bits per heavy atom. The van der Waals surface area contributed by atoms with Gasteiger partial charge in [-0.2, -0.15) is 15.3 Å². The summed E-state index contributed by atoms with van der Waals surface area (Å²) in [5.41, 5.74) is 2.38. The molecular formula is C24H23N7O3. The van der Waals surface area contributed by atoms with Crippen LogP contribution >= 0.6 is 0 Å². The number of nitrogens with one attached hydrogen (secondary N) is 1. The van der Waals surface area contributed by atoms with Crippen LogP contribution in [0.5, 0.6) is 0 Å². The van der Waals surface area contributed by atoms with Gasteiger partial charge in [0.2, 0.25) is 17.5 Å². The van der Waals surface area contributed by atoms with Crippen LogP contribution in [0.4, 0.5) is 5.88 Å². The zero-order valence-corrected chi connectivity index (χ0v) is 18.4. The molecule has 0 spiro atoms. The third kappa shape index (κ3) is 4.68. The number of nitriles is 1. The Balaban J connectivity index is 1.13. The molecule has 10 nitrogen and oxygen atoms in total. The van der Waals surface area contributed by atoms with Gasteiger partial charge < -0.3 is 19.1 Å². The number of hydrogen-bond acceptors (Lipinski definition) is 8. The number of aromatic nitrogens is 4. The minimum atomic E-state index is -0.0826. The molecule has 5 rings (SSSR count). The lowest BCUT2D eigenvalue weighted by atomic mass is 9.96. The van der Waals surface area contributed by atoms with Crippen molar-refractivity contribution >= 4 is 11.8 Å². The fourth-order valence-corrected chi connectivity index (χ4v) is 4.05.